The molecule has 0 aromatic carbocycles. The fourth-order valence-corrected chi connectivity index (χ4v) is 0.452. The molecule has 0 aliphatic carbocycles. The van der Waals surface area contributed by atoms with E-state index in [-0.39, 0.29) is 5.97 Å². The van der Waals surface area contributed by atoms with Crippen molar-refractivity contribution < 1.29 is 13.3 Å². The van der Waals surface area contributed by atoms with Crippen molar-refractivity contribution in [2.75, 3.05) is 6.61 Å². The fourth-order valence-electron chi connectivity index (χ4n) is 0.384. The SMILES string of the molecule is CCOC(=O)/C=C(/C)[O][Al]. The number of carbonyl (C=O) groups excluding carboxylic acids is 1. The Bertz CT molecular complexity index is 142. The van der Waals surface area contributed by atoms with Crippen molar-refractivity contribution in [2.45, 2.75) is 13.8 Å². The molecular weight excluding hydrogens is 147 g/mol. The topological polar surface area (TPSA) is 35.5 Å². The maximum Gasteiger partial charge on any atom is 0.481 e. The number of esters is 1. The van der Waals surface area contributed by atoms with Crippen molar-refractivity contribution in [2.24, 2.45) is 0 Å². The molecule has 0 fully saturated rings. The molecule has 54 valence electrons. The highest BCUT2D eigenvalue weighted by atomic mass is 27.1. The Hall–Kier alpha value is -0.458. The van der Waals surface area contributed by atoms with Gasteiger partial charge in [-0.15, -0.1) is 0 Å². The summed E-state index contributed by atoms with van der Waals surface area (Å²) in [5.41, 5.74) is 0. The standard InChI is InChI=1S/C6H10O3.Al/c1-3-9-6(8)4-5(2)7;/h4,7H,3H2,1-2H3;/q;+1/p-1/b5-4-;. The molecule has 0 bridgehead atoms. The molecule has 0 rings (SSSR count). The molecule has 0 atom stereocenters. The summed E-state index contributed by atoms with van der Waals surface area (Å²) in [5.74, 6) is 0.144. The lowest BCUT2D eigenvalue weighted by molar-refractivity contribution is -0.137. The van der Waals surface area contributed by atoms with Gasteiger partial charge in [-0.1, -0.05) is 0 Å². The number of allylic oxidation sites excluding steroid dienone is 1. The molecule has 0 amide bonds. The number of rotatable bonds is 3. The van der Waals surface area contributed by atoms with E-state index in [9.17, 15) is 4.79 Å². The van der Waals surface area contributed by atoms with E-state index in [0.717, 1.165) is 0 Å². The van der Waals surface area contributed by atoms with Crippen LogP contribution in [0.2, 0.25) is 0 Å². The summed E-state index contributed by atoms with van der Waals surface area (Å²) in [6, 6.07) is 0. The molecule has 2 radical (unpaired) electrons. The average molecular weight is 156 g/mol. The van der Waals surface area contributed by atoms with E-state index < -0.39 is 0 Å². The summed E-state index contributed by atoms with van der Waals surface area (Å²) < 4.78 is 9.25. The van der Waals surface area contributed by atoms with Gasteiger partial charge in [-0.2, -0.15) is 0 Å². The highest BCUT2D eigenvalue weighted by Gasteiger charge is 1.94. The molecule has 0 aromatic rings. The minimum absolute atomic E-state index is 0.373. The van der Waals surface area contributed by atoms with E-state index in [1.54, 1.807) is 13.8 Å². The Balaban J connectivity index is 3.75. The molecule has 0 unspecified atom stereocenters. The summed E-state index contributed by atoms with van der Waals surface area (Å²) >= 11 is 2.04. The van der Waals surface area contributed by atoms with Gasteiger partial charge in [0.05, 0.1) is 18.4 Å². The van der Waals surface area contributed by atoms with Crippen LogP contribution >= 0.6 is 0 Å². The highest BCUT2D eigenvalue weighted by Crippen LogP contribution is 1.92. The van der Waals surface area contributed by atoms with Gasteiger partial charge >= 0.3 is 22.6 Å². The van der Waals surface area contributed by atoms with Gasteiger partial charge < -0.3 is 8.53 Å². The predicted molar refractivity (Wildman–Crippen MR) is 37.2 cm³/mol. The van der Waals surface area contributed by atoms with Crippen molar-refractivity contribution in [3.63, 3.8) is 0 Å². The van der Waals surface area contributed by atoms with Crippen LogP contribution in [0.5, 0.6) is 0 Å². The van der Waals surface area contributed by atoms with Gasteiger partial charge in [0, 0.05) is 0 Å². The van der Waals surface area contributed by atoms with Gasteiger partial charge in [-0.05, 0) is 13.8 Å². The highest BCUT2D eigenvalue weighted by molar-refractivity contribution is 5.99. The first-order chi connectivity index (χ1) is 4.70. The van der Waals surface area contributed by atoms with E-state index in [0.29, 0.717) is 12.4 Å². The molecule has 3 nitrogen and oxygen atoms in total. The van der Waals surface area contributed by atoms with Crippen molar-refractivity contribution in [3.8, 4) is 0 Å². The molecule has 0 N–H and O–H groups in total. The van der Waals surface area contributed by atoms with Crippen LogP contribution in [0.3, 0.4) is 0 Å². The van der Waals surface area contributed by atoms with Gasteiger partial charge in [0.1, 0.15) is 0 Å². The fraction of sp³-hybridized carbons (Fsp3) is 0.500. The lowest BCUT2D eigenvalue weighted by atomic mass is 10.5. The smallest absolute Gasteiger partial charge is 0.481 e. The molecule has 0 aromatic heterocycles. The van der Waals surface area contributed by atoms with Crippen molar-refractivity contribution >= 4 is 22.6 Å². The molecule has 0 saturated heterocycles. The second-order valence-corrected chi connectivity index (χ2v) is 1.86. The lowest BCUT2D eigenvalue weighted by Crippen LogP contribution is -2.00. The second kappa shape index (κ2) is 5.34. The van der Waals surface area contributed by atoms with E-state index in [1.165, 1.54) is 6.08 Å². The molecule has 0 saturated carbocycles. The van der Waals surface area contributed by atoms with Crippen LogP contribution in [0.4, 0.5) is 0 Å². The Morgan fingerprint density at radius 1 is 1.70 bits per heavy atom. The van der Waals surface area contributed by atoms with E-state index >= 15 is 0 Å². The Kier molecular flexibility index (Phi) is 5.09. The molecule has 10 heavy (non-hydrogen) atoms. The Morgan fingerprint density at radius 3 is 2.70 bits per heavy atom. The normalized spacial score (nSPS) is 10.8. The van der Waals surface area contributed by atoms with Gasteiger partial charge in [0.15, 0.2) is 0 Å². The first kappa shape index (κ1) is 9.54. The first-order valence-corrected chi connectivity index (χ1v) is 3.39. The third kappa shape index (κ3) is 4.42. The summed E-state index contributed by atoms with van der Waals surface area (Å²) in [4.78, 5) is 10.6. The van der Waals surface area contributed by atoms with Crippen LogP contribution in [-0.4, -0.2) is 29.2 Å². The van der Waals surface area contributed by atoms with Crippen LogP contribution in [0.15, 0.2) is 11.8 Å². The molecular formula is C6H9AlO3. The Morgan fingerprint density at radius 2 is 2.30 bits per heavy atom. The van der Waals surface area contributed by atoms with Crippen LogP contribution in [0.1, 0.15) is 13.8 Å². The van der Waals surface area contributed by atoms with Crippen LogP contribution in [0.25, 0.3) is 0 Å². The van der Waals surface area contributed by atoms with Crippen molar-refractivity contribution in [3.05, 3.63) is 11.8 Å². The number of ether oxygens (including phenoxy) is 1. The molecule has 0 spiro atoms. The van der Waals surface area contributed by atoms with Gasteiger partial charge in [-0.3, -0.25) is 0 Å². The van der Waals surface area contributed by atoms with Crippen molar-refractivity contribution in [1.82, 2.24) is 0 Å². The minimum atomic E-state index is -0.373. The first-order valence-electron chi connectivity index (χ1n) is 2.92. The predicted octanol–water partition coefficient (Wildman–Crippen LogP) is 0.553. The van der Waals surface area contributed by atoms with Crippen LogP contribution < -0.4 is 0 Å². The summed E-state index contributed by atoms with van der Waals surface area (Å²) in [7, 11) is 0. The van der Waals surface area contributed by atoms with Gasteiger partial charge in [0.2, 0.25) is 0 Å². The third-order valence-corrected chi connectivity index (χ3v) is 1.17. The van der Waals surface area contributed by atoms with E-state index in [2.05, 4.69) is 8.53 Å². The quantitative estimate of drug-likeness (QED) is 0.259. The lowest BCUT2D eigenvalue weighted by Gasteiger charge is -2.00. The number of hydrogen-bond donors (Lipinski definition) is 0. The number of carbonyl (C=O) groups is 1. The van der Waals surface area contributed by atoms with Crippen molar-refractivity contribution in [1.29, 1.82) is 0 Å². The molecule has 0 aliphatic heterocycles. The summed E-state index contributed by atoms with van der Waals surface area (Å²) in [5, 5.41) is 0. The monoisotopic (exact) mass is 156 g/mol. The second-order valence-electron chi connectivity index (χ2n) is 1.62. The molecule has 0 heterocycles. The maximum absolute atomic E-state index is 10.6. The van der Waals surface area contributed by atoms with Crippen LogP contribution in [0, 0.1) is 0 Å². The van der Waals surface area contributed by atoms with E-state index in [1.807, 2.05) is 16.6 Å². The zero-order chi connectivity index (χ0) is 7.98. The summed E-state index contributed by atoms with van der Waals surface area (Å²) in [6.45, 7) is 3.81. The van der Waals surface area contributed by atoms with Gasteiger partial charge in [0.25, 0.3) is 0 Å². The molecule has 4 heteroatoms. The number of hydrogen-bond acceptors (Lipinski definition) is 3. The largest absolute Gasteiger partial charge is 0.657 e. The van der Waals surface area contributed by atoms with E-state index in [4.69, 9.17) is 0 Å². The minimum Gasteiger partial charge on any atom is -0.657 e. The maximum atomic E-state index is 10.6. The molecule has 0 aliphatic rings. The zero-order valence-corrected chi connectivity index (χ0v) is 7.24. The van der Waals surface area contributed by atoms with Gasteiger partial charge in [-0.25, -0.2) is 4.79 Å². The summed E-state index contributed by atoms with van der Waals surface area (Å²) in [6.07, 6.45) is 1.29. The van der Waals surface area contributed by atoms with Crippen LogP contribution in [-0.2, 0) is 13.3 Å². The average Bonchev–Trinajstić information content (AvgIpc) is 1.88. The zero-order valence-electron chi connectivity index (χ0n) is 6.09. The third-order valence-electron chi connectivity index (χ3n) is 0.794. The Labute approximate surface area is 68.8 Å².